The molecule has 3 aromatic rings. The average molecular weight is 684 g/mol. The summed E-state index contributed by atoms with van der Waals surface area (Å²) in [5.74, 6) is -0.431. The number of carbonyl (C=O) groups excluding carboxylic acids is 1. The van der Waals surface area contributed by atoms with Gasteiger partial charge in [0.25, 0.3) is 0 Å². The van der Waals surface area contributed by atoms with Crippen LogP contribution < -0.4 is 0 Å². The molecule has 4 nitrogen and oxygen atoms in total. The van der Waals surface area contributed by atoms with E-state index in [0.717, 1.165) is 11.8 Å². The number of pyridine rings is 1. The fourth-order valence-electron chi connectivity index (χ4n) is 3.15. The van der Waals surface area contributed by atoms with Crippen molar-refractivity contribution in [3.63, 3.8) is 0 Å². The van der Waals surface area contributed by atoms with E-state index in [0.29, 0.717) is 33.5 Å². The van der Waals surface area contributed by atoms with E-state index in [4.69, 9.17) is 21.1 Å². The smallest absolute Gasteiger partial charge is 0.200 e. The maximum atomic E-state index is 13.9. The molecule has 1 aromatic carbocycles. The summed E-state index contributed by atoms with van der Waals surface area (Å²) in [7, 11) is 0. The van der Waals surface area contributed by atoms with Gasteiger partial charge in [0.1, 0.15) is 11.3 Å². The lowest BCUT2D eigenvalue weighted by molar-refractivity contribution is 0.0913. The first-order valence-electron chi connectivity index (χ1n) is 16.8. The summed E-state index contributed by atoms with van der Waals surface area (Å²) in [5, 5.41) is 7.40. The van der Waals surface area contributed by atoms with Gasteiger partial charge in [-0.1, -0.05) is 156 Å². The molecule has 0 aliphatic carbocycles. The van der Waals surface area contributed by atoms with Crippen LogP contribution in [0.2, 0.25) is 5.02 Å². The van der Waals surface area contributed by atoms with Crippen LogP contribution in [-0.4, -0.2) is 15.9 Å². The van der Waals surface area contributed by atoms with Crippen molar-refractivity contribution in [2.75, 3.05) is 0 Å². The van der Waals surface area contributed by atoms with Gasteiger partial charge < -0.3 is 9.52 Å². The molecule has 48 heavy (non-hydrogen) atoms. The van der Waals surface area contributed by atoms with Crippen LogP contribution in [0.15, 0.2) is 83.5 Å². The van der Waals surface area contributed by atoms with Gasteiger partial charge >= 0.3 is 0 Å². The van der Waals surface area contributed by atoms with Crippen molar-refractivity contribution in [2.45, 2.75) is 122 Å². The summed E-state index contributed by atoms with van der Waals surface area (Å²) < 4.78 is 19.8. The summed E-state index contributed by atoms with van der Waals surface area (Å²) in [6, 6.07) is 8.16. The normalized spacial score (nSPS) is 11.0. The summed E-state index contributed by atoms with van der Waals surface area (Å²) in [5.41, 5.74) is 6.16. The number of hydrogen-bond acceptors (Lipinski definition) is 4. The molecular weight excluding hydrogens is 621 g/mol. The van der Waals surface area contributed by atoms with Crippen LogP contribution >= 0.6 is 11.6 Å². The Hall–Kier alpha value is -3.44. The largest absolute Gasteiger partial charge is 0.516 e. The second-order valence-corrected chi connectivity index (χ2v) is 14.6. The predicted molar refractivity (Wildman–Crippen MR) is 209 cm³/mol. The third-order valence-corrected chi connectivity index (χ3v) is 7.14. The van der Waals surface area contributed by atoms with Crippen molar-refractivity contribution in [1.29, 1.82) is 0 Å². The van der Waals surface area contributed by atoms with E-state index in [9.17, 15) is 9.18 Å². The van der Waals surface area contributed by atoms with Crippen LogP contribution in [0, 0.1) is 17.2 Å². The number of furan rings is 1. The average Bonchev–Trinajstić information content (AvgIpc) is 3.44. The highest BCUT2D eigenvalue weighted by atomic mass is 35.5. The molecule has 0 radical (unpaired) electrons. The minimum atomic E-state index is -0.494. The van der Waals surface area contributed by atoms with Gasteiger partial charge in [0.15, 0.2) is 11.3 Å². The zero-order chi connectivity index (χ0) is 37.8. The Morgan fingerprint density at radius 1 is 0.979 bits per heavy atom. The Morgan fingerprint density at radius 2 is 1.50 bits per heavy atom. The molecule has 0 spiro atoms. The van der Waals surface area contributed by atoms with Crippen LogP contribution in [-0.2, 0) is 5.41 Å². The monoisotopic (exact) mass is 683 g/mol. The number of allylic oxidation sites excluding steroid dienone is 5. The number of ketones is 1. The van der Waals surface area contributed by atoms with Crippen molar-refractivity contribution in [2.24, 2.45) is 11.3 Å². The van der Waals surface area contributed by atoms with Crippen molar-refractivity contribution in [3.8, 4) is 11.3 Å². The molecular formula is C42H63ClFNO3. The van der Waals surface area contributed by atoms with Crippen molar-refractivity contribution in [3.05, 3.63) is 101 Å². The third-order valence-electron chi connectivity index (χ3n) is 6.83. The first kappa shape index (κ1) is 46.7. The lowest BCUT2D eigenvalue weighted by Gasteiger charge is -2.20. The predicted octanol–water partition coefficient (Wildman–Crippen LogP) is 14.4. The quantitative estimate of drug-likeness (QED) is 0.159. The highest BCUT2D eigenvalue weighted by Gasteiger charge is 2.25. The molecule has 0 unspecified atom stereocenters. The van der Waals surface area contributed by atoms with E-state index < -0.39 is 5.82 Å². The number of aliphatic hydroxyl groups is 1. The minimum Gasteiger partial charge on any atom is -0.516 e. The molecule has 2 aromatic heterocycles. The van der Waals surface area contributed by atoms with E-state index >= 15 is 0 Å². The number of rotatable bonds is 6. The number of carbonyl (C=O) groups is 1. The Balaban J connectivity index is 0. The van der Waals surface area contributed by atoms with E-state index in [1.165, 1.54) is 42.5 Å². The first-order valence-corrected chi connectivity index (χ1v) is 17.2. The number of fused-ring (bicyclic) bond motifs is 1. The second-order valence-electron chi connectivity index (χ2n) is 14.2. The zero-order valence-corrected chi connectivity index (χ0v) is 33.0. The van der Waals surface area contributed by atoms with Crippen molar-refractivity contribution < 1.29 is 18.7 Å². The molecule has 2 heterocycles. The van der Waals surface area contributed by atoms with Gasteiger partial charge in [0, 0.05) is 23.1 Å². The number of unbranched alkanes of at least 4 members (excludes halogenated alkanes) is 1. The molecule has 0 fully saturated rings. The highest BCUT2D eigenvalue weighted by Crippen LogP contribution is 2.35. The van der Waals surface area contributed by atoms with Gasteiger partial charge in [-0.25, -0.2) is 9.37 Å². The van der Waals surface area contributed by atoms with Gasteiger partial charge in [-0.3, -0.25) is 4.79 Å². The fraction of sp³-hybridized carbons (Fsp3) is 0.476. The van der Waals surface area contributed by atoms with Gasteiger partial charge in [0.2, 0.25) is 5.78 Å². The summed E-state index contributed by atoms with van der Waals surface area (Å²) >= 11 is 5.79. The molecule has 0 atom stereocenters. The second kappa shape index (κ2) is 23.0. The summed E-state index contributed by atoms with van der Waals surface area (Å²) in [4.78, 5) is 16.9. The summed E-state index contributed by atoms with van der Waals surface area (Å²) in [6.07, 6.45) is 10.6. The molecule has 0 saturated heterocycles. The number of aliphatic hydroxyl groups excluding tert-OH is 1. The first-order chi connectivity index (χ1) is 22.1. The van der Waals surface area contributed by atoms with Crippen molar-refractivity contribution in [1.82, 2.24) is 4.98 Å². The SMILES string of the molecule is C=C/C(C)=C\C=C(C)C.C=CO.CC(C)C(=O)c1cc2nc(-c3ccc(Cl)c(F)c3)cc(C(C)(C)C)c2o1.CCC(C)(C)C.CCCC. The Morgan fingerprint density at radius 3 is 1.88 bits per heavy atom. The van der Waals surface area contributed by atoms with Crippen LogP contribution in [0.5, 0.6) is 0 Å². The molecule has 1 N–H and O–H groups in total. The number of aromatic nitrogens is 1. The van der Waals surface area contributed by atoms with Gasteiger partial charge in [-0.05, 0) is 49.8 Å². The summed E-state index contributed by atoms with van der Waals surface area (Å²) in [6.45, 7) is 35.9. The number of benzene rings is 1. The topological polar surface area (TPSA) is 63.3 Å². The van der Waals surface area contributed by atoms with Crippen molar-refractivity contribution >= 4 is 28.5 Å². The zero-order valence-electron chi connectivity index (χ0n) is 32.3. The van der Waals surface area contributed by atoms with Crippen LogP contribution in [0.3, 0.4) is 0 Å². The lowest BCUT2D eigenvalue weighted by Crippen LogP contribution is -2.12. The van der Waals surface area contributed by atoms with E-state index in [2.05, 4.69) is 106 Å². The third kappa shape index (κ3) is 18.8. The van der Waals surface area contributed by atoms with Crippen LogP contribution in [0.1, 0.15) is 132 Å². The van der Waals surface area contributed by atoms with Crippen LogP contribution in [0.4, 0.5) is 4.39 Å². The van der Waals surface area contributed by atoms with Gasteiger partial charge in [-0.2, -0.15) is 0 Å². The van der Waals surface area contributed by atoms with Crippen LogP contribution in [0.25, 0.3) is 22.4 Å². The highest BCUT2D eigenvalue weighted by molar-refractivity contribution is 6.30. The standard InChI is InChI=1S/C21H21ClFNO2.C9H14.C6H14.C4H10.C2H4O/c1-11(2)19(25)18-10-17-20(26-18)13(21(3,4)5)9-16(24-17)12-6-7-14(22)15(23)8-12;1-5-9(4)7-6-8(2)3;1-5-6(2,3)4;1-3-4-2;1-2-3/h6-11H,1-5H3;5-7H,1H2,2-4H3;5H2,1-4H3;3-4H2,1-2H3;2-3H,1H2/b;9-7-;;;. The minimum absolute atomic E-state index is 0.0676. The van der Waals surface area contributed by atoms with E-state index in [-0.39, 0.29) is 22.1 Å². The number of nitrogens with zero attached hydrogens (tertiary/aromatic N) is 1. The molecule has 3 rings (SSSR count). The number of Topliss-reactive ketones (excluding diaryl/α,β-unsaturated/α-hetero) is 1. The number of halogens is 2. The van der Waals surface area contributed by atoms with Gasteiger partial charge in [-0.15, -0.1) is 0 Å². The van der Waals surface area contributed by atoms with E-state index in [1.54, 1.807) is 12.1 Å². The molecule has 0 aliphatic rings. The molecule has 268 valence electrons. The molecule has 0 bridgehead atoms. The fourth-order valence-corrected chi connectivity index (χ4v) is 3.27. The molecule has 0 aliphatic heterocycles. The maximum absolute atomic E-state index is 13.9. The molecule has 0 amide bonds. The van der Waals surface area contributed by atoms with Gasteiger partial charge in [0.05, 0.1) is 17.0 Å². The Labute approximate surface area is 296 Å². The van der Waals surface area contributed by atoms with E-state index in [1.807, 2.05) is 32.9 Å². The Kier molecular flexibility index (Phi) is 22.4. The molecule has 0 saturated carbocycles. The Bertz CT molecular complexity index is 1480. The molecule has 6 heteroatoms. The maximum Gasteiger partial charge on any atom is 0.200 e. The number of hydrogen-bond donors (Lipinski definition) is 1. The lowest BCUT2D eigenvalue weighted by atomic mass is 9.86.